The van der Waals surface area contributed by atoms with Crippen LogP contribution in [0.1, 0.15) is 29.3 Å². The highest BCUT2D eigenvalue weighted by Crippen LogP contribution is 2.52. The van der Waals surface area contributed by atoms with Crippen LogP contribution in [0.5, 0.6) is 5.75 Å². The molecule has 0 heterocycles. The molecule has 6 unspecified atom stereocenters. The molecule has 4 rings (SSSR count). The Balaban J connectivity index is 1.91. The molecule has 0 saturated heterocycles. The molecule has 0 aliphatic heterocycles. The number of phenolic OH excluding ortho intramolecular Hbond substituents is 1. The van der Waals surface area contributed by atoms with Crippen LogP contribution in [-0.4, -0.2) is 72.1 Å². The number of aromatic hydroxyl groups is 1. The second-order valence-electron chi connectivity index (χ2n) is 9.01. The lowest BCUT2D eigenvalue weighted by Crippen LogP contribution is -2.73. The number of carbonyl (C=O) groups excluding carboxylic acids is 5. The van der Waals surface area contributed by atoms with Crippen LogP contribution in [0.3, 0.4) is 0 Å². The molecule has 170 valence electrons. The lowest BCUT2D eigenvalue weighted by molar-refractivity contribution is -0.183. The first kappa shape index (κ1) is 22.1. The van der Waals surface area contributed by atoms with E-state index in [4.69, 9.17) is 4.74 Å². The Morgan fingerprint density at radius 1 is 1.16 bits per heavy atom. The van der Waals surface area contributed by atoms with Crippen molar-refractivity contribution in [2.75, 3.05) is 21.2 Å². The second kappa shape index (κ2) is 7.51. The van der Waals surface area contributed by atoms with Crippen molar-refractivity contribution in [3.05, 3.63) is 29.3 Å². The molecular formula is C23H25NO8. The average molecular weight is 443 g/mol. The van der Waals surface area contributed by atoms with Crippen molar-refractivity contribution in [2.24, 2.45) is 23.7 Å². The number of benzene rings is 1. The van der Waals surface area contributed by atoms with E-state index in [2.05, 4.69) is 4.74 Å². The topological polar surface area (TPSA) is 127 Å². The molecule has 3 aliphatic carbocycles. The maximum Gasteiger partial charge on any atom is 0.509 e. The number of rotatable bonds is 2. The summed E-state index contributed by atoms with van der Waals surface area (Å²) in [6.45, 7) is 1.38. The number of carbonyl (C=O) groups is 5. The summed E-state index contributed by atoms with van der Waals surface area (Å²) in [4.78, 5) is 67.7. The van der Waals surface area contributed by atoms with E-state index in [1.54, 1.807) is 31.1 Å². The first-order valence-electron chi connectivity index (χ1n) is 10.5. The van der Waals surface area contributed by atoms with Crippen LogP contribution in [0, 0.1) is 23.7 Å². The fourth-order valence-corrected chi connectivity index (χ4v) is 5.79. The molecule has 9 nitrogen and oxygen atoms in total. The van der Waals surface area contributed by atoms with Gasteiger partial charge in [0.25, 0.3) is 0 Å². The summed E-state index contributed by atoms with van der Waals surface area (Å²) in [6.07, 6.45) is -0.781. The van der Waals surface area contributed by atoms with E-state index in [-0.39, 0.29) is 23.5 Å². The zero-order chi connectivity index (χ0) is 23.5. The number of ether oxygens (including phenoxy) is 2. The first-order valence-corrected chi connectivity index (χ1v) is 10.5. The number of nitrogens with zero attached hydrogens (tertiary/aromatic N) is 1. The summed E-state index contributed by atoms with van der Waals surface area (Å²) in [5, 5.41) is 10.3. The SMILES string of the molecule is COC(=O)OC12C(=O)C(C)C(=O)C(N(C)C)C1CC1Cc3cccc(O)c3C(=O)C1C2=O. The first-order chi connectivity index (χ1) is 15.1. The van der Waals surface area contributed by atoms with Gasteiger partial charge in [-0.25, -0.2) is 4.79 Å². The van der Waals surface area contributed by atoms with Gasteiger partial charge in [0.2, 0.25) is 5.60 Å². The van der Waals surface area contributed by atoms with Crippen LogP contribution in [0.4, 0.5) is 4.79 Å². The summed E-state index contributed by atoms with van der Waals surface area (Å²) in [7, 11) is 4.36. The summed E-state index contributed by atoms with van der Waals surface area (Å²) >= 11 is 0. The number of methoxy groups -OCH3 is 1. The highest BCUT2D eigenvalue weighted by molar-refractivity contribution is 6.27. The monoisotopic (exact) mass is 443 g/mol. The number of hydrogen-bond acceptors (Lipinski definition) is 9. The van der Waals surface area contributed by atoms with Crippen molar-refractivity contribution in [2.45, 2.75) is 31.4 Å². The molecule has 0 bridgehead atoms. The third kappa shape index (κ3) is 2.83. The van der Waals surface area contributed by atoms with Crippen molar-refractivity contribution in [1.82, 2.24) is 4.90 Å². The smallest absolute Gasteiger partial charge is 0.507 e. The third-order valence-electron chi connectivity index (χ3n) is 7.16. The van der Waals surface area contributed by atoms with E-state index >= 15 is 0 Å². The van der Waals surface area contributed by atoms with Crippen molar-refractivity contribution < 1.29 is 38.6 Å². The molecule has 1 aromatic rings. The minimum atomic E-state index is -2.31. The van der Waals surface area contributed by atoms with Crippen LogP contribution in [0.15, 0.2) is 18.2 Å². The Morgan fingerprint density at radius 2 is 1.84 bits per heavy atom. The third-order valence-corrected chi connectivity index (χ3v) is 7.16. The number of likely N-dealkylation sites (N-methyl/N-ethyl adjacent to an activating group) is 1. The quantitative estimate of drug-likeness (QED) is 0.530. The van der Waals surface area contributed by atoms with Gasteiger partial charge in [-0.1, -0.05) is 12.1 Å². The standard InChI is InChI=1S/C23H25NO8/c1-10-18(26)17(24(2)3)13-9-12-8-11-6-5-7-14(25)15(11)19(27)16(12)21(29)23(13,20(10)28)32-22(30)31-4/h5-7,10,12-13,16-17,25H,8-9H2,1-4H3. The molecule has 3 aliphatic rings. The van der Waals surface area contributed by atoms with Crippen molar-refractivity contribution in [3.8, 4) is 5.75 Å². The Labute approximate surface area is 184 Å². The van der Waals surface area contributed by atoms with Gasteiger partial charge in [0.05, 0.1) is 30.6 Å². The Kier molecular flexibility index (Phi) is 5.20. The zero-order valence-electron chi connectivity index (χ0n) is 18.3. The largest absolute Gasteiger partial charge is 0.509 e. The van der Waals surface area contributed by atoms with E-state index in [0.29, 0.717) is 12.0 Å². The van der Waals surface area contributed by atoms with Gasteiger partial charge < -0.3 is 14.6 Å². The lowest BCUT2D eigenvalue weighted by Gasteiger charge is -2.53. The van der Waals surface area contributed by atoms with Gasteiger partial charge in [-0.2, -0.15) is 0 Å². The fourth-order valence-electron chi connectivity index (χ4n) is 5.79. The number of hydrogen-bond donors (Lipinski definition) is 1. The molecule has 0 amide bonds. The van der Waals surface area contributed by atoms with Gasteiger partial charge >= 0.3 is 6.16 Å². The van der Waals surface area contributed by atoms with Crippen molar-refractivity contribution in [3.63, 3.8) is 0 Å². The molecule has 6 atom stereocenters. The van der Waals surface area contributed by atoms with E-state index in [1.165, 1.54) is 13.0 Å². The van der Waals surface area contributed by atoms with Gasteiger partial charge in [-0.3, -0.25) is 24.1 Å². The normalized spacial score (nSPS) is 34.0. The van der Waals surface area contributed by atoms with E-state index in [0.717, 1.165) is 7.11 Å². The highest BCUT2D eigenvalue weighted by atomic mass is 16.7. The van der Waals surface area contributed by atoms with Gasteiger partial charge in [0, 0.05) is 5.92 Å². The summed E-state index contributed by atoms with van der Waals surface area (Å²) in [5.41, 5.74) is -1.66. The molecule has 1 N–H and O–H groups in total. The van der Waals surface area contributed by atoms with Crippen molar-refractivity contribution >= 4 is 29.3 Å². The van der Waals surface area contributed by atoms with Gasteiger partial charge in [-0.05, 0) is 51.4 Å². The minimum absolute atomic E-state index is 0.0466. The zero-order valence-corrected chi connectivity index (χ0v) is 18.3. The molecular weight excluding hydrogens is 418 g/mol. The van der Waals surface area contributed by atoms with E-state index < -0.39 is 58.8 Å². The molecule has 9 heteroatoms. The molecule has 2 fully saturated rings. The van der Waals surface area contributed by atoms with Gasteiger partial charge in [-0.15, -0.1) is 0 Å². The maximum atomic E-state index is 13.9. The predicted octanol–water partition coefficient (Wildman–Crippen LogP) is 1.19. The Morgan fingerprint density at radius 3 is 2.47 bits per heavy atom. The molecule has 1 aromatic carbocycles. The summed E-state index contributed by atoms with van der Waals surface area (Å²) in [6, 6.07) is 3.83. The fraction of sp³-hybridized carbons (Fsp3) is 0.522. The summed E-state index contributed by atoms with van der Waals surface area (Å²) < 4.78 is 10.0. The van der Waals surface area contributed by atoms with Crippen LogP contribution in [0.25, 0.3) is 0 Å². The van der Waals surface area contributed by atoms with E-state index in [9.17, 15) is 29.1 Å². The summed E-state index contributed by atoms with van der Waals surface area (Å²) in [5.74, 6) is -6.84. The van der Waals surface area contributed by atoms with Gasteiger partial charge in [0.1, 0.15) is 5.75 Å². The van der Waals surface area contributed by atoms with Crippen LogP contribution >= 0.6 is 0 Å². The second-order valence-corrected chi connectivity index (χ2v) is 9.01. The number of fused-ring (bicyclic) bond motifs is 3. The van der Waals surface area contributed by atoms with Gasteiger partial charge in [0.15, 0.2) is 23.1 Å². The van der Waals surface area contributed by atoms with Crippen LogP contribution in [0.2, 0.25) is 0 Å². The average Bonchev–Trinajstić information content (AvgIpc) is 2.73. The van der Waals surface area contributed by atoms with Crippen LogP contribution < -0.4 is 0 Å². The van der Waals surface area contributed by atoms with Crippen LogP contribution in [-0.2, 0) is 30.3 Å². The maximum absolute atomic E-state index is 13.9. The molecule has 2 saturated carbocycles. The van der Waals surface area contributed by atoms with Crippen molar-refractivity contribution in [1.29, 1.82) is 0 Å². The number of ketones is 4. The lowest BCUT2D eigenvalue weighted by atomic mass is 9.52. The molecule has 32 heavy (non-hydrogen) atoms. The Bertz CT molecular complexity index is 1050. The highest BCUT2D eigenvalue weighted by Gasteiger charge is 2.70. The number of Topliss-reactive ketones (excluding diaryl/α,β-unsaturated/α-hetero) is 4. The molecule has 0 radical (unpaired) electrons. The molecule has 0 aromatic heterocycles. The minimum Gasteiger partial charge on any atom is -0.507 e. The molecule has 0 spiro atoms. The predicted molar refractivity (Wildman–Crippen MR) is 109 cm³/mol. The van der Waals surface area contributed by atoms with E-state index in [1.807, 2.05) is 0 Å². The Hall–Kier alpha value is -3.07. The number of phenols is 1.